The standard InChI is InChI=1S/C48H51N3O2S/c1-10-50-44(52)41(45(53)51(11-2)46(50)54)40-34(23-21-31(4)47(5,6)42-30(3)20-22-32-16-12-14-18-36(32)42)24-25-35(40)27-29-39-48(7,8)43-37-19-15-13-17-33(37)26-28-38(43)49(39)9/h12-23,26-29,52H,4,10-11,24-25H2,1-3,5-9H3/b23-21+,35-27+,39-29+. The smallest absolute Gasteiger partial charge is 0.266 e. The molecule has 1 aromatic heterocycles. The zero-order valence-corrected chi connectivity index (χ0v) is 33.7. The summed E-state index contributed by atoms with van der Waals surface area (Å²) >= 11 is 5.70. The molecule has 2 heterocycles. The van der Waals surface area contributed by atoms with Crippen molar-refractivity contribution in [1.82, 2.24) is 9.13 Å². The molecule has 0 amide bonds. The summed E-state index contributed by atoms with van der Waals surface area (Å²) in [4.78, 5) is 16.6. The molecule has 5 nitrogen and oxygen atoms in total. The number of likely N-dealkylation sites (N-methyl/N-ethyl adjacent to an activating group) is 1. The van der Waals surface area contributed by atoms with Gasteiger partial charge in [0.25, 0.3) is 5.56 Å². The Balaban J connectivity index is 1.38. The Kier molecular flexibility index (Phi) is 9.55. The zero-order valence-electron chi connectivity index (χ0n) is 32.9. The Hall–Kier alpha value is -5.20. The molecule has 0 fully saturated rings. The van der Waals surface area contributed by atoms with Crippen LogP contribution in [0, 0.1) is 11.7 Å². The van der Waals surface area contributed by atoms with Gasteiger partial charge in [0.05, 0.1) is 0 Å². The highest BCUT2D eigenvalue weighted by Gasteiger charge is 2.40. The van der Waals surface area contributed by atoms with Gasteiger partial charge >= 0.3 is 0 Å². The van der Waals surface area contributed by atoms with Crippen molar-refractivity contribution in [3.05, 3.63) is 163 Å². The van der Waals surface area contributed by atoms with Gasteiger partial charge in [-0.2, -0.15) is 0 Å². The van der Waals surface area contributed by atoms with E-state index in [4.69, 9.17) is 12.2 Å². The number of nitrogens with zero attached hydrogens (tertiary/aromatic N) is 3. The van der Waals surface area contributed by atoms with Crippen molar-refractivity contribution < 1.29 is 5.11 Å². The van der Waals surface area contributed by atoms with Crippen LogP contribution in [0.15, 0.2) is 131 Å². The van der Waals surface area contributed by atoms with E-state index >= 15 is 0 Å². The van der Waals surface area contributed by atoms with Crippen LogP contribution in [0.2, 0.25) is 0 Å². The van der Waals surface area contributed by atoms with Gasteiger partial charge in [0.15, 0.2) is 4.77 Å². The topological polar surface area (TPSA) is 50.4 Å². The lowest BCUT2D eigenvalue weighted by Gasteiger charge is -2.30. The molecule has 1 N–H and O–H groups in total. The molecular formula is C48H51N3O2S. The number of aromatic hydroxyl groups is 1. The third kappa shape index (κ3) is 5.83. The van der Waals surface area contributed by atoms with Gasteiger partial charge in [-0.15, -0.1) is 0 Å². The normalized spacial score (nSPS) is 17.2. The molecule has 0 spiro atoms. The van der Waals surface area contributed by atoms with Crippen molar-refractivity contribution in [1.29, 1.82) is 0 Å². The average Bonchev–Trinajstić information content (AvgIpc) is 3.63. The SMILES string of the molecule is C=C(/C=C/C1=C(c2c(O)n(CC)c(=S)n(CC)c2=O)C(=C/C=C2/N(C)c3ccc4ccccc4c3C2(C)C)/CC1)C(C)(C)c1c(C)ccc2ccccc12. The number of fused-ring (bicyclic) bond motifs is 4. The second-order valence-electron chi connectivity index (χ2n) is 15.7. The maximum Gasteiger partial charge on any atom is 0.266 e. The van der Waals surface area contributed by atoms with E-state index in [1.54, 1.807) is 9.13 Å². The zero-order chi connectivity index (χ0) is 38.7. The van der Waals surface area contributed by atoms with Gasteiger partial charge in [0.1, 0.15) is 5.56 Å². The van der Waals surface area contributed by atoms with E-state index in [0.29, 0.717) is 23.4 Å². The fourth-order valence-electron chi connectivity index (χ4n) is 9.00. The Bertz CT molecular complexity index is 2630. The van der Waals surface area contributed by atoms with Crippen molar-refractivity contribution in [2.45, 2.75) is 85.2 Å². The van der Waals surface area contributed by atoms with E-state index < -0.39 is 0 Å². The molecule has 0 atom stereocenters. The van der Waals surface area contributed by atoms with Crippen molar-refractivity contribution in [2.24, 2.45) is 0 Å². The van der Waals surface area contributed by atoms with Crippen molar-refractivity contribution >= 4 is 45.0 Å². The largest absolute Gasteiger partial charge is 0.494 e. The molecular weight excluding hydrogens is 683 g/mol. The van der Waals surface area contributed by atoms with E-state index in [2.05, 4.69) is 150 Å². The van der Waals surface area contributed by atoms with Gasteiger partial charge in [-0.3, -0.25) is 13.9 Å². The number of hydrogen-bond donors (Lipinski definition) is 1. The molecule has 0 bridgehead atoms. The third-order valence-electron chi connectivity index (χ3n) is 12.0. The third-order valence-corrected chi connectivity index (χ3v) is 12.4. The van der Waals surface area contributed by atoms with Gasteiger partial charge in [-0.25, -0.2) is 0 Å². The lowest BCUT2D eigenvalue weighted by molar-refractivity contribution is 0.398. The molecule has 0 saturated heterocycles. The molecule has 2 aliphatic rings. The molecule has 5 aromatic rings. The first-order valence-electron chi connectivity index (χ1n) is 19.1. The highest BCUT2D eigenvalue weighted by atomic mass is 32.1. The fourth-order valence-corrected chi connectivity index (χ4v) is 9.43. The number of aromatic nitrogens is 2. The first kappa shape index (κ1) is 37.1. The van der Waals surface area contributed by atoms with E-state index in [9.17, 15) is 9.90 Å². The van der Waals surface area contributed by atoms with Crippen molar-refractivity contribution in [2.75, 3.05) is 11.9 Å². The quantitative estimate of drug-likeness (QED) is 0.127. The first-order valence-corrected chi connectivity index (χ1v) is 19.5. The number of aryl methyl sites for hydroxylation is 1. The highest BCUT2D eigenvalue weighted by molar-refractivity contribution is 7.71. The number of rotatable bonds is 8. The molecule has 1 aliphatic heterocycles. The molecule has 1 aliphatic carbocycles. The lowest BCUT2D eigenvalue weighted by Crippen LogP contribution is -2.28. The van der Waals surface area contributed by atoms with E-state index in [-0.39, 0.29) is 22.3 Å². The molecule has 276 valence electrons. The summed E-state index contributed by atoms with van der Waals surface area (Å²) in [6, 6.07) is 25.9. The van der Waals surface area contributed by atoms with Crippen LogP contribution in [0.5, 0.6) is 5.88 Å². The number of anilines is 1. The van der Waals surface area contributed by atoms with Gasteiger partial charge in [-0.05, 0) is 119 Å². The Morgan fingerprint density at radius 2 is 1.54 bits per heavy atom. The lowest BCUT2D eigenvalue weighted by atomic mass is 9.74. The van der Waals surface area contributed by atoms with Gasteiger partial charge in [-0.1, -0.05) is 119 Å². The average molecular weight is 734 g/mol. The second kappa shape index (κ2) is 13.9. The fraction of sp³-hybridized carbons (Fsp3) is 0.292. The summed E-state index contributed by atoms with van der Waals surface area (Å²) in [5.74, 6) is -0.0821. The summed E-state index contributed by atoms with van der Waals surface area (Å²) in [6.07, 6.45) is 10.1. The van der Waals surface area contributed by atoms with E-state index in [1.165, 1.54) is 49.6 Å². The molecule has 0 unspecified atom stereocenters. The predicted molar refractivity (Wildman–Crippen MR) is 230 cm³/mol. The van der Waals surface area contributed by atoms with E-state index in [1.807, 2.05) is 13.8 Å². The summed E-state index contributed by atoms with van der Waals surface area (Å²) in [7, 11) is 2.13. The minimum Gasteiger partial charge on any atom is -0.494 e. The van der Waals surface area contributed by atoms with Crippen LogP contribution in [0.25, 0.3) is 27.1 Å². The number of benzene rings is 4. The van der Waals surface area contributed by atoms with Gasteiger partial charge in [0, 0.05) is 42.4 Å². The molecule has 4 aromatic carbocycles. The number of allylic oxidation sites excluding steroid dienone is 9. The van der Waals surface area contributed by atoms with Crippen LogP contribution >= 0.6 is 12.2 Å². The van der Waals surface area contributed by atoms with Crippen LogP contribution in [-0.2, 0) is 23.9 Å². The second-order valence-corrected chi connectivity index (χ2v) is 16.1. The summed E-state index contributed by atoms with van der Waals surface area (Å²) < 4.78 is 3.59. The highest BCUT2D eigenvalue weighted by Crippen LogP contribution is 2.50. The Morgan fingerprint density at radius 3 is 2.22 bits per heavy atom. The molecule has 0 radical (unpaired) electrons. The minimum absolute atomic E-state index is 0.0821. The van der Waals surface area contributed by atoms with Crippen LogP contribution in [0.4, 0.5) is 5.69 Å². The maximum atomic E-state index is 14.3. The Labute approximate surface area is 324 Å². The molecule has 54 heavy (non-hydrogen) atoms. The number of hydrogen-bond acceptors (Lipinski definition) is 4. The Morgan fingerprint density at radius 1 is 0.907 bits per heavy atom. The molecule has 0 saturated carbocycles. The summed E-state index contributed by atoms with van der Waals surface area (Å²) in [6.45, 7) is 20.5. The maximum absolute atomic E-state index is 14.3. The van der Waals surface area contributed by atoms with Crippen LogP contribution in [0.3, 0.4) is 0 Å². The molecule has 6 heteroatoms. The summed E-state index contributed by atoms with van der Waals surface area (Å²) in [5, 5.41) is 16.8. The van der Waals surface area contributed by atoms with Crippen molar-refractivity contribution in [3.63, 3.8) is 0 Å². The minimum atomic E-state index is -0.367. The van der Waals surface area contributed by atoms with Crippen LogP contribution < -0.4 is 10.5 Å². The van der Waals surface area contributed by atoms with Gasteiger partial charge in [0.2, 0.25) is 5.88 Å². The van der Waals surface area contributed by atoms with E-state index in [0.717, 1.165) is 35.1 Å². The van der Waals surface area contributed by atoms with Crippen LogP contribution in [0.1, 0.15) is 76.6 Å². The summed E-state index contributed by atoms with van der Waals surface area (Å²) in [5.41, 5.74) is 9.32. The monoisotopic (exact) mass is 733 g/mol. The van der Waals surface area contributed by atoms with Crippen LogP contribution in [-0.4, -0.2) is 21.3 Å². The predicted octanol–water partition coefficient (Wildman–Crippen LogP) is 11.6. The van der Waals surface area contributed by atoms with Gasteiger partial charge < -0.3 is 10.0 Å². The van der Waals surface area contributed by atoms with Crippen molar-refractivity contribution in [3.8, 4) is 5.88 Å². The molecule has 7 rings (SSSR count). The first-order chi connectivity index (χ1) is 25.7.